The topological polar surface area (TPSA) is 60.0 Å². The lowest BCUT2D eigenvalue weighted by atomic mass is 9.53. The van der Waals surface area contributed by atoms with E-state index in [0.717, 1.165) is 31.5 Å². The van der Waals surface area contributed by atoms with Gasteiger partial charge in [0.15, 0.2) is 0 Å². The third-order valence-electron chi connectivity index (χ3n) is 7.43. The molecule has 1 spiro atoms. The van der Waals surface area contributed by atoms with Crippen LogP contribution in [0.4, 0.5) is 0 Å². The van der Waals surface area contributed by atoms with Gasteiger partial charge in [-0.05, 0) is 70.0 Å². The Hall–Kier alpha value is -0.950. The summed E-state index contributed by atoms with van der Waals surface area (Å²) in [5.41, 5.74) is -0.726. The normalized spacial score (nSPS) is 42.0. The molecule has 1 unspecified atom stereocenters. The first-order valence-electron chi connectivity index (χ1n) is 11.2. The molecule has 4 bridgehead atoms. The molecule has 4 aliphatic carbocycles. The Morgan fingerprint density at radius 2 is 1.71 bits per heavy atom. The maximum absolute atomic E-state index is 12.1. The van der Waals surface area contributed by atoms with Crippen LogP contribution in [0.1, 0.15) is 52.9 Å². The van der Waals surface area contributed by atoms with E-state index in [4.69, 9.17) is 14.5 Å². The van der Waals surface area contributed by atoms with Gasteiger partial charge in [0.25, 0.3) is 0 Å². The molecule has 1 amide bonds. The molecule has 0 aromatic heterocycles. The van der Waals surface area contributed by atoms with Crippen molar-refractivity contribution in [3.63, 3.8) is 0 Å². The van der Waals surface area contributed by atoms with E-state index in [1.54, 1.807) is 12.2 Å². The fourth-order valence-corrected chi connectivity index (χ4v) is 5.94. The molecule has 1 N–H and O–H groups in total. The maximum Gasteiger partial charge on any atom is 0.243 e. The van der Waals surface area contributed by atoms with Gasteiger partial charge >= 0.3 is 0 Å². The molecule has 5 aliphatic rings. The SMILES string of the molecule is CCN(CC)CCNC(=O)/C=C/C1(C)COC2(OO1)C1CC3CC(C1)CC2C3. The van der Waals surface area contributed by atoms with Crippen LogP contribution in [0, 0.1) is 23.7 Å². The molecule has 1 aliphatic heterocycles. The van der Waals surface area contributed by atoms with Crippen LogP contribution in [0.3, 0.4) is 0 Å². The van der Waals surface area contributed by atoms with Crippen molar-refractivity contribution in [1.82, 2.24) is 10.2 Å². The Morgan fingerprint density at radius 3 is 2.25 bits per heavy atom. The average molecular weight is 393 g/mol. The quantitative estimate of drug-likeness (QED) is 0.533. The number of likely N-dealkylation sites (N-methyl/N-ethyl adjacent to an activating group) is 1. The van der Waals surface area contributed by atoms with E-state index in [2.05, 4.69) is 24.1 Å². The van der Waals surface area contributed by atoms with Crippen LogP contribution in [-0.2, 0) is 19.3 Å². The zero-order valence-corrected chi connectivity index (χ0v) is 17.6. The summed E-state index contributed by atoms with van der Waals surface area (Å²) >= 11 is 0. The van der Waals surface area contributed by atoms with Crippen LogP contribution in [-0.4, -0.2) is 55.0 Å². The standard InChI is InChI=1S/C22H36N2O4/c1-4-24(5-2)9-8-23-20(25)6-7-21(3)15-26-22(28-27-21)18-11-16-10-17(13-18)14-19(22)12-16/h6-7,16-19H,4-5,8-15H2,1-3H3,(H,23,25)/b7-6+. The molecule has 4 saturated carbocycles. The Kier molecular flexibility index (Phi) is 5.85. The predicted octanol–water partition coefficient (Wildman–Crippen LogP) is 2.89. The second-order valence-electron chi connectivity index (χ2n) is 9.45. The number of carbonyl (C=O) groups excluding carboxylic acids is 1. The Balaban J connectivity index is 1.28. The third-order valence-corrected chi connectivity index (χ3v) is 7.43. The lowest BCUT2D eigenvalue weighted by Gasteiger charge is -2.61. The second-order valence-corrected chi connectivity index (χ2v) is 9.45. The van der Waals surface area contributed by atoms with Gasteiger partial charge in [0, 0.05) is 31.0 Å². The Bertz CT molecular complexity index is 563. The zero-order valence-electron chi connectivity index (χ0n) is 17.6. The highest BCUT2D eigenvalue weighted by molar-refractivity contribution is 5.87. The van der Waals surface area contributed by atoms with E-state index in [1.165, 1.54) is 32.1 Å². The highest BCUT2D eigenvalue weighted by atomic mass is 17.2. The van der Waals surface area contributed by atoms with Crippen molar-refractivity contribution in [2.45, 2.75) is 64.3 Å². The van der Waals surface area contributed by atoms with E-state index >= 15 is 0 Å². The lowest BCUT2D eigenvalue weighted by molar-refractivity contribution is -0.536. The second kappa shape index (κ2) is 8.05. The number of hydrogen-bond acceptors (Lipinski definition) is 5. The molecule has 0 aromatic carbocycles. The molecule has 6 heteroatoms. The van der Waals surface area contributed by atoms with Crippen molar-refractivity contribution >= 4 is 5.91 Å². The molecule has 158 valence electrons. The summed E-state index contributed by atoms with van der Waals surface area (Å²) in [6.45, 7) is 10.1. The van der Waals surface area contributed by atoms with Crippen LogP contribution in [0.15, 0.2) is 12.2 Å². The van der Waals surface area contributed by atoms with Gasteiger partial charge in [-0.15, -0.1) is 0 Å². The molecule has 0 radical (unpaired) electrons. The monoisotopic (exact) mass is 392 g/mol. The molecular formula is C22H36N2O4. The van der Waals surface area contributed by atoms with E-state index in [-0.39, 0.29) is 5.91 Å². The van der Waals surface area contributed by atoms with Crippen LogP contribution in [0.25, 0.3) is 0 Å². The average Bonchev–Trinajstić information content (AvgIpc) is 2.69. The van der Waals surface area contributed by atoms with Gasteiger partial charge in [0.1, 0.15) is 5.60 Å². The number of hydrogen-bond donors (Lipinski definition) is 1. The molecule has 6 nitrogen and oxygen atoms in total. The summed E-state index contributed by atoms with van der Waals surface area (Å²) in [6.07, 6.45) is 9.53. The first kappa shape index (κ1) is 20.3. The minimum absolute atomic E-state index is 0.105. The van der Waals surface area contributed by atoms with E-state index in [9.17, 15) is 4.79 Å². The van der Waals surface area contributed by atoms with Crippen LogP contribution < -0.4 is 5.32 Å². The van der Waals surface area contributed by atoms with Gasteiger partial charge in [-0.25, -0.2) is 4.89 Å². The van der Waals surface area contributed by atoms with Crippen LogP contribution in [0.2, 0.25) is 0 Å². The van der Waals surface area contributed by atoms with Crippen LogP contribution in [0.5, 0.6) is 0 Å². The third kappa shape index (κ3) is 3.89. The van der Waals surface area contributed by atoms with Gasteiger partial charge in [-0.1, -0.05) is 13.8 Å². The fraction of sp³-hybridized carbons (Fsp3) is 0.864. The van der Waals surface area contributed by atoms with Crippen molar-refractivity contribution in [2.75, 3.05) is 32.8 Å². The predicted molar refractivity (Wildman–Crippen MR) is 106 cm³/mol. The van der Waals surface area contributed by atoms with E-state index in [1.807, 2.05) is 6.92 Å². The van der Waals surface area contributed by atoms with Crippen molar-refractivity contribution in [1.29, 1.82) is 0 Å². The minimum atomic E-state index is -0.726. The highest BCUT2D eigenvalue weighted by Gasteiger charge is 2.62. The van der Waals surface area contributed by atoms with Crippen molar-refractivity contribution in [3.8, 4) is 0 Å². The Morgan fingerprint density at radius 1 is 1.07 bits per heavy atom. The van der Waals surface area contributed by atoms with Gasteiger partial charge < -0.3 is 15.0 Å². The summed E-state index contributed by atoms with van der Waals surface area (Å²) in [7, 11) is 0. The summed E-state index contributed by atoms with van der Waals surface area (Å²) in [4.78, 5) is 26.3. The molecule has 1 heterocycles. The van der Waals surface area contributed by atoms with Gasteiger partial charge in [0.05, 0.1) is 6.61 Å². The number of nitrogens with zero attached hydrogens (tertiary/aromatic N) is 1. The molecule has 1 atom stereocenters. The van der Waals surface area contributed by atoms with Gasteiger partial charge in [-0.2, -0.15) is 4.89 Å². The summed E-state index contributed by atoms with van der Waals surface area (Å²) < 4.78 is 6.40. The first-order valence-corrected chi connectivity index (χ1v) is 11.2. The Labute approximate surface area is 168 Å². The lowest BCUT2D eigenvalue weighted by Crippen LogP contribution is -2.64. The first-order chi connectivity index (χ1) is 13.5. The number of amides is 1. The molecule has 0 aromatic rings. The van der Waals surface area contributed by atoms with Crippen molar-refractivity contribution in [2.24, 2.45) is 23.7 Å². The largest absolute Gasteiger partial charge is 0.351 e. The molecule has 5 rings (SSSR count). The molecule has 1 saturated heterocycles. The smallest absolute Gasteiger partial charge is 0.243 e. The van der Waals surface area contributed by atoms with Crippen molar-refractivity contribution in [3.05, 3.63) is 12.2 Å². The van der Waals surface area contributed by atoms with E-state index < -0.39 is 11.4 Å². The maximum atomic E-state index is 12.1. The van der Waals surface area contributed by atoms with Gasteiger partial charge in [-0.3, -0.25) is 4.79 Å². The number of rotatable bonds is 7. The van der Waals surface area contributed by atoms with E-state index in [0.29, 0.717) is 25.0 Å². The molecular weight excluding hydrogens is 356 g/mol. The number of nitrogens with one attached hydrogen (secondary N) is 1. The summed E-state index contributed by atoms with van der Waals surface area (Å²) in [5, 5.41) is 2.93. The molecule has 28 heavy (non-hydrogen) atoms. The summed E-state index contributed by atoms with van der Waals surface area (Å²) in [5.74, 6) is 1.97. The summed E-state index contributed by atoms with van der Waals surface area (Å²) in [6, 6.07) is 0. The molecule has 5 fully saturated rings. The minimum Gasteiger partial charge on any atom is -0.351 e. The zero-order chi connectivity index (χ0) is 19.8. The van der Waals surface area contributed by atoms with Gasteiger partial charge in [0.2, 0.25) is 11.7 Å². The fourth-order valence-electron chi connectivity index (χ4n) is 5.94. The number of carbonyl (C=O) groups is 1. The number of ether oxygens (including phenoxy) is 1. The van der Waals surface area contributed by atoms with Crippen molar-refractivity contribution < 1.29 is 19.3 Å². The highest BCUT2D eigenvalue weighted by Crippen LogP contribution is 2.61. The van der Waals surface area contributed by atoms with Crippen LogP contribution >= 0.6 is 0 Å².